The Morgan fingerprint density at radius 1 is 0.950 bits per heavy atom. The van der Waals surface area contributed by atoms with Crippen LogP contribution in [-0.2, 0) is 84.6 Å². The maximum Gasteiger partial charge on any atom is 0.280 e. The fraction of sp³-hybridized carbons (Fsp3) is 0.500. The molecular formula is C8H14N4O6Y2-4. The van der Waals surface area contributed by atoms with E-state index in [0.29, 0.717) is 0 Å². The normalized spacial score (nSPS) is 7.40. The molecule has 0 spiro atoms. The molecule has 0 aromatic heterocycles. The molecule has 112 valence electrons. The smallest absolute Gasteiger partial charge is 0.280 e. The molecular weight excluding hydrogens is 426 g/mol. The molecule has 10 nitrogen and oxygen atoms in total. The Morgan fingerprint density at radius 3 is 1.45 bits per heavy atom. The van der Waals surface area contributed by atoms with Crippen molar-refractivity contribution in [1.82, 2.24) is 21.3 Å². The molecule has 3 amide bonds. The topological polar surface area (TPSA) is 157 Å². The zero-order chi connectivity index (χ0) is 14.9. The molecule has 0 aliphatic rings. The summed E-state index contributed by atoms with van der Waals surface area (Å²) in [7, 11) is 1.27. The molecule has 12 heteroatoms. The standard InChI is InChI=1S/C3H7N2O3.C3H4N2O2.C2H3O.2Y/c1-4-3(7,8)5-2-6;6-2-4-1-5-3-7;1-2-3;;/h4,7-8H,1H3,(H,5,6);1H2,(H,4,6)(H,5,7);1H3;;/q-1;-2;-1;;. The van der Waals surface area contributed by atoms with E-state index in [-0.39, 0.29) is 72.1 Å². The summed E-state index contributed by atoms with van der Waals surface area (Å²) in [6, 6.07) is -2.33. The number of nitrogens with one attached hydrogen (secondary N) is 4. The van der Waals surface area contributed by atoms with Crippen LogP contribution in [0.2, 0.25) is 0 Å². The van der Waals surface area contributed by atoms with Crippen molar-refractivity contribution in [3.63, 3.8) is 0 Å². The molecule has 0 fully saturated rings. The first-order chi connectivity index (χ1) is 8.45. The Balaban J connectivity index is -0.0000000581. The Bertz CT molecular complexity index is 225. The summed E-state index contributed by atoms with van der Waals surface area (Å²) >= 11 is 0. The first-order valence-electron chi connectivity index (χ1n) is 4.22. The second-order valence-corrected chi connectivity index (χ2v) is 2.09. The van der Waals surface area contributed by atoms with E-state index in [9.17, 15) is 14.4 Å². The van der Waals surface area contributed by atoms with Crippen LogP contribution in [0.3, 0.4) is 0 Å². The van der Waals surface area contributed by atoms with E-state index in [1.165, 1.54) is 33.1 Å². The van der Waals surface area contributed by atoms with Crippen LogP contribution in [0.4, 0.5) is 0 Å². The van der Waals surface area contributed by atoms with Gasteiger partial charge in [-0.05, 0) is 7.05 Å². The predicted molar refractivity (Wildman–Crippen MR) is 59.0 cm³/mol. The molecule has 0 aromatic rings. The number of rotatable bonds is 7. The van der Waals surface area contributed by atoms with Crippen LogP contribution in [0.5, 0.6) is 0 Å². The molecule has 0 aliphatic carbocycles. The van der Waals surface area contributed by atoms with E-state index in [0.717, 1.165) is 6.41 Å². The van der Waals surface area contributed by atoms with Crippen molar-refractivity contribution in [2.24, 2.45) is 0 Å². The van der Waals surface area contributed by atoms with Crippen molar-refractivity contribution >= 4 is 25.5 Å². The van der Waals surface area contributed by atoms with Gasteiger partial charge in [-0.15, -0.1) is 0 Å². The van der Waals surface area contributed by atoms with E-state index in [4.69, 9.17) is 15.0 Å². The molecule has 6 N–H and O–H groups in total. The fourth-order valence-electron chi connectivity index (χ4n) is 0.250. The number of amides is 3. The molecule has 0 atom stereocenters. The molecule has 0 saturated heterocycles. The Kier molecular flexibility index (Phi) is 44.3. The summed E-state index contributed by atoms with van der Waals surface area (Å²) in [6.45, 7) is 1.41. The van der Waals surface area contributed by atoms with Crippen LogP contribution >= 0.6 is 0 Å². The Hall–Kier alpha value is 0.168. The third-order valence-electron chi connectivity index (χ3n) is 0.895. The van der Waals surface area contributed by atoms with Gasteiger partial charge >= 0.3 is 0 Å². The average molecular weight is 440 g/mol. The summed E-state index contributed by atoms with van der Waals surface area (Å²) in [5, 5.41) is 24.5. The van der Waals surface area contributed by atoms with Crippen molar-refractivity contribution in [3.8, 4) is 0 Å². The average Bonchev–Trinajstić information content (AvgIpc) is 2.32. The van der Waals surface area contributed by atoms with Gasteiger partial charge < -0.3 is 45.3 Å². The SMILES string of the molecule is CNC(O)(O)N[C-]=O.C[C-]=O.O=[C-]NCN[C-]=O.[Y].[Y]. The second-order valence-electron chi connectivity index (χ2n) is 2.09. The number of carbonyl (C=O) groups excluding carboxylic acids is 4. The van der Waals surface area contributed by atoms with Gasteiger partial charge in [0.25, 0.3) is 6.03 Å². The predicted octanol–water partition coefficient (Wildman–Crippen LogP) is -4.17. The van der Waals surface area contributed by atoms with Crippen molar-refractivity contribution in [3.05, 3.63) is 0 Å². The molecule has 0 bridgehead atoms. The van der Waals surface area contributed by atoms with E-state index in [1.54, 1.807) is 5.32 Å². The molecule has 20 heavy (non-hydrogen) atoms. The van der Waals surface area contributed by atoms with Crippen LogP contribution in [0.25, 0.3) is 0 Å². The summed E-state index contributed by atoms with van der Waals surface area (Å²) in [6.07, 6.45) is 5.32. The minimum Gasteiger partial charge on any atom is -0.542 e. The molecule has 0 unspecified atom stereocenters. The maximum absolute atomic E-state index is 9.38. The van der Waals surface area contributed by atoms with Crippen LogP contribution in [0, 0.1) is 0 Å². The van der Waals surface area contributed by atoms with Crippen molar-refractivity contribution in [2.75, 3.05) is 13.7 Å². The van der Waals surface area contributed by atoms with Crippen LogP contribution in [0.1, 0.15) is 6.92 Å². The monoisotopic (exact) mass is 440 g/mol. The Labute approximate surface area is 167 Å². The van der Waals surface area contributed by atoms with Gasteiger partial charge in [-0.3, -0.25) is 11.6 Å². The molecule has 0 aromatic carbocycles. The summed E-state index contributed by atoms with van der Waals surface area (Å²) in [4.78, 5) is 36.6. The van der Waals surface area contributed by atoms with E-state index in [1.807, 2.05) is 5.32 Å². The van der Waals surface area contributed by atoms with Gasteiger partial charge in [0, 0.05) is 72.1 Å². The first-order valence-corrected chi connectivity index (χ1v) is 4.22. The number of aliphatic hydroxyl groups is 2. The van der Waals surface area contributed by atoms with E-state index >= 15 is 0 Å². The molecule has 2 radical (unpaired) electrons. The molecule has 0 rings (SSSR count). The van der Waals surface area contributed by atoms with Crippen LogP contribution in [0.15, 0.2) is 0 Å². The first kappa shape index (κ1) is 32.2. The Morgan fingerprint density at radius 2 is 1.30 bits per heavy atom. The minimum atomic E-state index is -2.33. The number of hydrogen-bond acceptors (Lipinski definition) is 7. The van der Waals surface area contributed by atoms with Gasteiger partial charge in [-0.2, -0.15) is 26.2 Å². The van der Waals surface area contributed by atoms with Gasteiger partial charge in [0.05, 0.1) is 0 Å². The number of hydrogen-bond donors (Lipinski definition) is 6. The summed E-state index contributed by atoms with van der Waals surface area (Å²) < 4.78 is 0. The minimum absolute atomic E-state index is 0. The van der Waals surface area contributed by atoms with Gasteiger partial charge in [-0.1, -0.05) is 0 Å². The quantitative estimate of drug-likeness (QED) is 0.102. The second kappa shape index (κ2) is 27.5. The molecule has 0 heterocycles. The zero-order valence-electron chi connectivity index (χ0n) is 10.9. The third kappa shape index (κ3) is 42.9. The van der Waals surface area contributed by atoms with E-state index in [2.05, 4.69) is 10.6 Å². The molecule has 0 aliphatic heterocycles. The van der Waals surface area contributed by atoms with E-state index < -0.39 is 6.03 Å². The van der Waals surface area contributed by atoms with Gasteiger partial charge in [0.2, 0.25) is 0 Å². The van der Waals surface area contributed by atoms with Crippen molar-refractivity contribution in [1.29, 1.82) is 0 Å². The summed E-state index contributed by atoms with van der Waals surface area (Å²) in [5.41, 5.74) is 0. The van der Waals surface area contributed by atoms with Crippen LogP contribution < -0.4 is 21.3 Å². The third-order valence-corrected chi connectivity index (χ3v) is 0.895. The van der Waals surface area contributed by atoms with Crippen LogP contribution in [-0.4, -0.2) is 55.5 Å². The zero-order valence-corrected chi connectivity index (χ0v) is 16.6. The van der Waals surface area contributed by atoms with Crippen molar-refractivity contribution < 1.29 is 94.8 Å². The maximum atomic E-state index is 9.38. The van der Waals surface area contributed by atoms with Gasteiger partial charge in [-0.25, -0.2) is 0 Å². The van der Waals surface area contributed by atoms with Gasteiger partial charge in [0.15, 0.2) is 0 Å². The largest absolute Gasteiger partial charge is 0.542 e. The fourth-order valence-corrected chi connectivity index (χ4v) is 0.250. The molecule has 0 saturated carbocycles. The van der Waals surface area contributed by atoms with Gasteiger partial charge in [0.1, 0.15) is 0 Å². The van der Waals surface area contributed by atoms with Crippen molar-refractivity contribution in [2.45, 2.75) is 13.0 Å². The summed E-state index contributed by atoms with van der Waals surface area (Å²) in [5.74, 6) is 0.